The zero-order valence-corrected chi connectivity index (χ0v) is 11.8. The fourth-order valence-electron chi connectivity index (χ4n) is 1.97. The Morgan fingerprint density at radius 3 is 2.18 bits per heavy atom. The summed E-state index contributed by atoms with van der Waals surface area (Å²) in [4.78, 5) is 24.5. The van der Waals surface area contributed by atoms with Gasteiger partial charge in [-0.2, -0.15) is 0 Å². The molecule has 6 heteroatoms. The number of rotatable bonds is 4. The van der Waals surface area contributed by atoms with Gasteiger partial charge < -0.3 is 10.6 Å². The average molecular weight is 304 g/mol. The molecule has 2 aromatic carbocycles. The summed E-state index contributed by atoms with van der Waals surface area (Å²) in [6.07, 6.45) is 0. The molecule has 0 aromatic heterocycles. The molecular weight excluding hydrogens is 290 g/mol. The van der Waals surface area contributed by atoms with E-state index in [0.29, 0.717) is 11.1 Å². The van der Waals surface area contributed by atoms with Crippen LogP contribution in [0, 0.1) is 11.6 Å². The molecule has 0 aliphatic heterocycles. The molecule has 0 fully saturated rings. The molecular formula is C16H14F2N2O2. The van der Waals surface area contributed by atoms with Crippen molar-refractivity contribution in [3.8, 4) is 0 Å². The van der Waals surface area contributed by atoms with E-state index in [2.05, 4.69) is 0 Å². The summed E-state index contributed by atoms with van der Waals surface area (Å²) in [5.74, 6) is -2.30. The van der Waals surface area contributed by atoms with Gasteiger partial charge in [-0.05, 0) is 30.3 Å². The normalized spacial score (nSPS) is 10.3. The predicted molar refractivity (Wildman–Crippen MR) is 77.1 cm³/mol. The van der Waals surface area contributed by atoms with E-state index in [0.717, 1.165) is 12.1 Å². The second-order valence-electron chi connectivity index (χ2n) is 4.84. The van der Waals surface area contributed by atoms with Gasteiger partial charge in [-0.25, -0.2) is 8.78 Å². The van der Waals surface area contributed by atoms with Gasteiger partial charge in [0.1, 0.15) is 11.6 Å². The molecule has 114 valence electrons. The van der Waals surface area contributed by atoms with Gasteiger partial charge in [0, 0.05) is 36.3 Å². The first-order valence-electron chi connectivity index (χ1n) is 6.47. The van der Waals surface area contributed by atoms with Crippen molar-refractivity contribution < 1.29 is 18.4 Å². The largest absolute Gasteiger partial charge is 0.366 e. The summed E-state index contributed by atoms with van der Waals surface area (Å²) in [5.41, 5.74) is 5.98. The van der Waals surface area contributed by atoms with E-state index >= 15 is 0 Å². The Morgan fingerprint density at radius 2 is 1.64 bits per heavy atom. The first-order chi connectivity index (χ1) is 10.4. The molecule has 2 rings (SSSR count). The van der Waals surface area contributed by atoms with E-state index in [1.54, 1.807) is 0 Å². The molecule has 0 bridgehead atoms. The molecule has 0 heterocycles. The van der Waals surface area contributed by atoms with Crippen molar-refractivity contribution in [3.63, 3.8) is 0 Å². The van der Waals surface area contributed by atoms with E-state index < -0.39 is 17.5 Å². The van der Waals surface area contributed by atoms with Gasteiger partial charge in [-0.1, -0.05) is 6.07 Å². The van der Waals surface area contributed by atoms with Crippen LogP contribution in [0.25, 0.3) is 0 Å². The number of hydrogen-bond donors (Lipinski definition) is 1. The fourth-order valence-corrected chi connectivity index (χ4v) is 1.97. The third kappa shape index (κ3) is 3.46. The van der Waals surface area contributed by atoms with Crippen LogP contribution < -0.4 is 5.73 Å². The molecule has 2 amide bonds. The van der Waals surface area contributed by atoms with Gasteiger partial charge in [0.2, 0.25) is 5.91 Å². The summed E-state index contributed by atoms with van der Waals surface area (Å²) >= 11 is 0. The standard InChI is InChI=1S/C16H14F2N2O2/c1-20(9-12-6-7-13(17)8-14(12)18)16(22)11-4-2-10(3-5-11)15(19)21/h2-8H,9H2,1H3,(H2,19,21). The lowest BCUT2D eigenvalue weighted by Crippen LogP contribution is -2.26. The van der Waals surface area contributed by atoms with Crippen molar-refractivity contribution >= 4 is 11.8 Å². The summed E-state index contributed by atoms with van der Waals surface area (Å²) < 4.78 is 26.4. The third-order valence-electron chi connectivity index (χ3n) is 3.19. The molecule has 2 aromatic rings. The fraction of sp³-hybridized carbons (Fsp3) is 0.125. The van der Waals surface area contributed by atoms with Crippen molar-refractivity contribution in [1.29, 1.82) is 0 Å². The first kappa shape index (κ1) is 15.6. The van der Waals surface area contributed by atoms with Gasteiger partial charge in [-0.15, -0.1) is 0 Å². The highest BCUT2D eigenvalue weighted by Crippen LogP contribution is 2.14. The number of primary amides is 1. The minimum atomic E-state index is -0.705. The zero-order valence-electron chi connectivity index (χ0n) is 11.8. The second kappa shape index (κ2) is 6.34. The van der Waals surface area contributed by atoms with Crippen LogP contribution in [0.5, 0.6) is 0 Å². The van der Waals surface area contributed by atoms with Crippen LogP contribution in [0.2, 0.25) is 0 Å². The van der Waals surface area contributed by atoms with Gasteiger partial charge in [0.25, 0.3) is 5.91 Å². The van der Waals surface area contributed by atoms with Crippen LogP contribution in [-0.4, -0.2) is 23.8 Å². The highest BCUT2D eigenvalue weighted by atomic mass is 19.1. The van der Waals surface area contributed by atoms with E-state index in [1.807, 2.05) is 0 Å². The molecule has 0 saturated carbocycles. The lowest BCUT2D eigenvalue weighted by molar-refractivity contribution is 0.0783. The Morgan fingerprint density at radius 1 is 1.05 bits per heavy atom. The van der Waals surface area contributed by atoms with E-state index in [9.17, 15) is 18.4 Å². The second-order valence-corrected chi connectivity index (χ2v) is 4.84. The Kier molecular flexibility index (Phi) is 4.50. The molecule has 0 spiro atoms. The number of carbonyl (C=O) groups is 2. The van der Waals surface area contributed by atoms with Crippen LogP contribution in [0.15, 0.2) is 42.5 Å². The predicted octanol–water partition coefficient (Wildman–Crippen LogP) is 2.34. The lowest BCUT2D eigenvalue weighted by atomic mass is 10.1. The Hall–Kier alpha value is -2.76. The van der Waals surface area contributed by atoms with Crippen LogP contribution in [-0.2, 0) is 6.54 Å². The van der Waals surface area contributed by atoms with Crippen molar-refractivity contribution in [2.45, 2.75) is 6.54 Å². The molecule has 2 N–H and O–H groups in total. The molecule has 0 atom stereocenters. The Balaban J connectivity index is 2.13. The van der Waals surface area contributed by atoms with Gasteiger partial charge in [-0.3, -0.25) is 9.59 Å². The van der Waals surface area contributed by atoms with Crippen LogP contribution in [0.1, 0.15) is 26.3 Å². The lowest BCUT2D eigenvalue weighted by Gasteiger charge is -2.18. The molecule has 0 saturated heterocycles. The third-order valence-corrected chi connectivity index (χ3v) is 3.19. The Bertz CT molecular complexity index is 715. The Labute approximate surface area is 126 Å². The van der Waals surface area contributed by atoms with Gasteiger partial charge in [0.15, 0.2) is 0 Å². The maximum atomic E-state index is 13.6. The maximum Gasteiger partial charge on any atom is 0.253 e. The van der Waals surface area contributed by atoms with Crippen LogP contribution in [0.4, 0.5) is 8.78 Å². The van der Waals surface area contributed by atoms with E-state index in [-0.39, 0.29) is 18.0 Å². The SMILES string of the molecule is CN(Cc1ccc(F)cc1F)C(=O)c1ccc(C(N)=O)cc1. The number of carbonyl (C=O) groups excluding carboxylic acids is 2. The topological polar surface area (TPSA) is 63.4 Å². The highest BCUT2D eigenvalue weighted by molar-refractivity contribution is 5.97. The van der Waals surface area contributed by atoms with Crippen molar-refractivity contribution in [1.82, 2.24) is 4.90 Å². The molecule has 22 heavy (non-hydrogen) atoms. The molecule has 0 aliphatic rings. The highest BCUT2D eigenvalue weighted by Gasteiger charge is 2.14. The smallest absolute Gasteiger partial charge is 0.253 e. The number of nitrogens with zero attached hydrogens (tertiary/aromatic N) is 1. The average Bonchev–Trinajstić information content (AvgIpc) is 2.49. The van der Waals surface area contributed by atoms with E-state index in [4.69, 9.17) is 5.73 Å². The summed E-state index contributed by atoms with van der Waals surface area (Å²) in [5, 5.41) is 0. The minimum Gasteiger partial charge on any atom is -0.366 e. The summed E-state index contributed by atoms with van der Waals surface area (Å²) in [6.45, 7) is 0.00250. The number of halogens is 2. The maximum absolute atomic E-state index is 13.6. The van der Waals surface area contributed by atoms with Crippen molar-refractivity contribution in [2.75, 3.05) is 7.05 Å². The quantitative estimate of drug-likeness (QED) is 0.942. The zero-order chi connectivity index (χ0) is 16.3. The van der Waals surface area contributed by atoms with Gasteiger partial charge in [0.05, 0.1) is 0 Å². The van der Waals surface area contributed by atoms with Crippen LogP contribution in [0.3, 0.4) is 0 Å². The number of amides is 2. The monoisotopic (exact) mass is 304 g/mol. The van der Waals surface area contributed by atoms with Gasteiger partial charge >= 0.3 is 0 Å². The molecule has 0 unspecified atom stereocenters. The number of nitrogens with two attached hydrogens (primary N) is 1. The summed E-state index contributed by atoms with van der Waals surface area (Å²) in [7, 11) is 1.51. The van der Waals surface area contributed by atoms with Crippen LogP contribution >= 0.6 is 0 Å². The molecule has 0 aliphatic carbocycles. The number of hydrogen-bond acceptors (Lipinski definition) is 2. The van der Waals surface area contributed by atoms with Crippen molar-refractivity contribution in [3.05, 3.63) is 70.8 Å². The van der Waals surface area contributed by atoms with Crippen molar-refractivity contribution in [2.24, 2.45) is 5.73 Å². The minimum absolute atomic E-state index is 0.00250. The molecule has 0 radical (unpaired) electrons. The number of benzene rings is 2. The first-order valence-corrected chi connectivity index (χ1v) is 6.47. The molecule has 4 nitrogen and oxygen atoms in total. The summed E-state index contributed by atoms with van der Waals surface area (Å²) in [6, 6.07) is 9.04. The van der Waals surface area contributed by atoms with E-state index in [1.165, 1.54) is 42.3 Å².